The molecule has 6 heteroatoms. The minimum absolute atomic E-state index is 0.204. The van der Waals surface area contributed by atoms with Crippen LogP contribution in [0.5, 0.6) is 0 Å². The normalized spacial score (nSPS) is 10.1. The number of nitrogens with one attached hydrogen (secondary N) is 1. The maximum atomic E-state index is 12.1. The fourth-order valence-electron chi connectivity index (χ4n) is 1.81. The molecule has 0 heterocycles. The quantitative estimate of drug-likeness (QED) is 0.840. The SMILES string of the molecule is CCOC(=O)c1ccc(NC(=O)c2ccccc2Cl)cc1Cl. The Kier molecular flexibility index (Phi) is 5.41. The van der Waals surface area contributed by atoms with Crippen molar-refractivity contribution in [3.8, 4) is 0 Å². The lowest BCUT2D eigenvalue weighted by atomic mass is 10.2. The van der Waals surface area contributed by atoms with Crippen LogP contribution in [-0.2, 0) is 4.74 Å². The Morgan fingerprint density at radius 2 is 1.77 bits per heavy atom. The van der Waals surface area contributed by atoms with Crippen molar-refractivity contribution >= 4 is 40.8 Å². The van der Waals surface area contributed by atoms with Crippen molar-refractivity contribution in [3.63, 3.8) is 0 Å². The fourth-order valence-corrected chi connectivity index (χ4v) is 2.29. The zero-order valence-corrected chi connectivity index (χ0v) is 13.2. The molecular weight excluding hydrogens is 325 g/mol. The minimum Gasteiger partial charge on any atom is -0.462 e. The van der Waals surface area contributed by atoms with Gasteiger partial charge in [0.1, 0.15) is 0 Å². The molecule has 1 N–H and O–H groups in total. The summed E-state index contributed by atoms with van der Waals surface area (Å²) in [7, 11) is 0. The molecule has 4 nitrogen and oxygen atoms in total. The van der Waals surface area contributed by atoms with Crippen molar-refractivity contribution in [2.45, 2.75) is 6.92 Å². The second kappa shape index (κ2) is 7.29. The van der Waals surface area contributed by atoms with E-state index in [1.54, 1.807) is 37.3 Å². The molecule has 0 saturated carbocycles. The van der Waals surface area contributed by atoms with Crippen LogP contribution in [0.2, 0.25) is 10.0 Å². The molecule has 0 unspecified atom stereocenters. The van der Waals surface area contributed by atoms with Gasteiger partial charge < -0.3 is 10.1 Å². The zero-order chi connectivity index (χ0) is 16.1. The summed E-state index contributed by atoms with van der Waals surface area (Å²) in [5.74, 6) is -0.859. The first kappa shape index (κ1) is 16.3. The summed E-state index contributed by atoms with van der Waals surface area (Å²) in [5, 5.41) is 3.24. The molecule has 0 saturated heterocycles. The number of amides is 1. The lowest BCUT2D eigenvalue weighted by Gasteiger charge is -2.09. The van der Waals surface area contributed by atoms with Gasteiger partial charge in [0.05, 0.1) is 27.8 Å². The Morgan fingerprint density at radius 3 is 2.41 bits per heavy atom. The highest BCUT2D eigenvalue weighted by Gasteiger charge is 2.14. The Balaban J connectivity index is 2.18. The van der Waals surface area contributed by atoms with E-state index >= 15 is 0 Å². The van der Waals surface area contributed by atoms with Crippen molar-refractivity contribution in [1.29, 1.82) is 0 Å². The van der Waals surface area contributed by atoms with Gasteiger partial charge in [0.25, 0.3) is 5.91 Å². The number of carbonyl (C=O) groups is 2. The van der Waals surface area contributed by atoms with Gasteiger partial charge in [-0.1, -0.05) is 35.3 Å². The van der Waals surface area contributed by atoms with E-state index in [0.717, 1.165) is 0 Å². The predicted octanol–water partition coefficient (Wildman–Crippen LogP) is 4.42. The first-order valence-corrected chi connectivity index (χ1v) is 7.31. The van der Waals surface area contributed by atoms with Gasteiger partial charge in [-0.25, -0.2) is 4.79 Å². The molecule has 2 aromatic carbocycles. The van der Waals surface area contributed by atoms with Crippen LogP contribution in [0.3, 0.4) is 0 Å². The number of rotatable bonds is 4. The highest BCUT2D eigenvalue weighted by Crippen LogP contribution is 2.23. The van der Waals surface area contributed by atoms with Crippen LogP contribution in [-0.4, -0.2) is 18.5 Å². The number of hydrogen-bond acceptors (Lipinski definition) is 3. The van der Waals surface area contributed by atoms with E-state index in [4.69, 9.17) is 27.9 Å². The van der Waals surface area contributed by atoms with Crippen LogP contribution >= 0.6 is 23.2 Å². The van der Waals surface area contributed by atoms with Gasteiger partial charge in [0.15, 0.2) is 0 Å². The lowest BCUT2D eigenvalue weighted by molar-refractivity contribution is 0.0526. The minimum atomic E-state index is -0.503. The van der Waals surface area contributed by atoms with E-state index in [2.05, 4.69) is 5.32 Å². The second-order valence-corrected chi connectivity index (χ2v) is 5.16. The summed E-state index contributed by atoms with van der Waals surface area (Å²) >= 11 is 12.0. The molecule has 2 aromatic rings. The summed E-state index contributed by atoms with van der Waals surface area (Å²) in [4.78, 5) is 23.8. The fraction of sp³-hybridized carbons (Fsp3) is 0.125. The molecule has 0 aromatic heterocycles. The van der Waals surface area contributed by atoms with Crippen molar-refractivity contribution in [1.82, 2.24) is 0 Å². The molecular formula is C16H13Cl2NO3. The number of esters is 1. The van der Waals surface area contributed by atoms with E-state index in [1.165, 1.54) is 12.1 Å². The summed E-state index contributed by atoms with van der Waals surface area (Å²) < 4.78 is 4.89. The highest BCUT2D eigenvalue weighted by molar-refractivity contribution is 6.35. The van der Waals surface area contributed by atoms with Crippen LogP contribution in [0.4, 0.5) is 5.69 Å². The van der Waals surface area contributed by atoms with Crippen molar-refractivity contribution in [2.24, 2.45) is 0 Å². The smallest absolute Gasteiger partial charge is 0.339 e. The lowest BCUT2D eigenvalue weighted by Crippen LogP contribution is -2.13. The molecule has 0 fully saturated rings. The molecule has 2 rings (SSSR count). The molecule has 0 bridgehead atoms. The molecule has 0 aliphatic carbocycles. The predicted molar refractivity (Wildman–Crippen MR) is 86.8 cm³/mol. The topological polar surface area (TPSA) is 55.4 Å². The number of ether oxygens (including phenoxy) is 1. The molecule has 0 spiro atoms. The van der Waals surface area contributed by atoms with E-state index in [0.29, 0.717) is 16.3 Å². The zero-order valence-electron chi connectivity index (χ0n) is 11.7. The molecule has 0 radical (unpaired) electrons. The number of carbonyl (C=O) groups excluding carboxylic acids is 2. The molecule has 22 heavy (non-hydrogen) atoms. The van der Waals surface area contributed by atoms with Crippen molar-refractivity contribution < 1.29 is 14.3 Å². The van der Waals surface area contributed by atoms with Gasteiger partial charge in [0, 0.05) is 5.69 Å². The van der Waals surface area contributed by atoms with E-state index in [-0.39, 0.29) is 23.1 Å². The Morgan fingerprint density at radius 1 is 1.05 bits per heavy atom. The molecule has 0 aliphatic heterocycles. The summed E-state index contributed by atoms with van der Waals surface area (Å²) in [5.41, 5.74) is 1.07. The average Bonchev–Trinajstić information content (AvgIpc) is 2.47. The number of halogens is 2. The van der Waals surface area contributed by atoms with Crippen molar-refractivity contribution in [2.75, 3.05) is 11.9 Å². The maximum Gasteiger partial charge on any atom is 0.339 e. The Hall–Kier alpha value is -2.04. The molecule has 0 aliphatic rings. The highest BCUT2D eigenvalue weighted by atomic mass is 35.5. The number of hydrogen-bond donors (Lipinski definition) is 1. The maximum absolute atomic E-state index is 12.1. The monoisotopic (exact) mass is 337 g/mol. The first-order chi connectivity index (χ1) is 10.5. The van der Waals surface area contributed by atoms with Crippen LogP contribution in [0, 0.1) is 0 Å². The van der Waals surface area contributed by atoms with Crippen LogP contribution in [0.15, 0.2) is 42.5 Å². The Labute approximate surface area is 138 Å². The third-order valence-electron chi connectivity index (χ3n) is 2.84. The van der Waals surface area contributed by atoms with Gasteiger partial charge in [-0.15, -0.1) is 0 Å². The molecule has 1 amide bonds. The largest absolute Gasteiger partial charge is 0.462 e. The van der Waals surface area contributed by atoms with Gasteiger partial charge >= 0.3 is 5.97 Å². The summed E-state index contributed by atoms with van der Waals surface area (Å²) in [6, 6.07) is 11.3. The third-order valence-corrected chi connectivity index (χ3v) is 3.48. The van der Waals surface area contributed by atoms with E-state index in [9.17, 15) is 9.59 Å². The van der Waals surface area contributed by atoms with E-state index in [1.807, 2.05) is 0 Å². The Bertz CT molecular complexity index is 716. The van der Waals surface area contributed by atoms with Gasteiger partial charge in [-0.05, 0) is 37.3 Å². The van der Waals surface area contributed by atoms with E-state index < -0.39 is 5.97 Å². The summed E-state index contributed by atoms with van der Waals surface area (Å²) in [6.07, 6.45) is 0. The average molecular weight is 338 g/mol. The van der Waals surface area contributed by atoms with Gasteiger partial charge in [-0.2, -0.15) is 0 Å². The third kappa shape index (κ3) is 3.78. The van der Waals surface area contributed by atoms with Gasteiger partial charge in [0.2, 0.25) is 0 Å². The number of anilines is 1. The molecule has 0 atom stereocenters. The first-order valence-electron chi connectivity index (χ1n) is 6.55. The standard InChI is InChI=1S/C16H13Cl2NO3/c1-2-22-16(21)12-8-7-10(9-14(12)18)19-15(20)11-5-3-4-6-13(11)17/h3-9H,2H2,1H3,(H,19,20). The molecule has 114 valence electrons. The van der Waals surface area contributed by atoms with Crippen LogP contribution < -0.4 is 5.32 Å². The van der Waals surface area contributed by atoms with Crippen molar-refractivity contribution in [3.05, 3.63) is 63.6 Å². The second-order valence-electron chi connectivity index (χ2n) is 4.35. The van der Waals surface area contributed by atoms with Crippen LogP contribution in [0.1, 0.15) is 27.6 Å². The van der Waals surface area contributed by atoms with Crippen LogP contribution in [0.25, 0.3) is 0 Å². The number of benzene rings is 2. The van der Waals surface area contributed by atoms with Gasteiger partial charge in [-0.3, -0.25) is 4.79 Å². The summed E-state index contributed by atoms with van der Waals surface area (Å²) in [6.45, 7) is 1.98.